The van der Waals surface area contributed by atoms with Gasteiger partial charge in [0.25, 0.3) is 0 Å². The van der Waals surface area contributed by atoms with Gasteiger partial charge in [0, 0.05) is 5.56 Å². The van der Waals surface area contributed by atoms with Crippen LogP contribution in [0.4, 0.5) is 0 Å². The summed E-state index contributed by atoms with van der Waals surface area (Å²) >= 11 is 0. The minimum absolute atomic E-state index is 0.0332. The van der Waals surface area contributed by atoms with E-state index in [-0.39, 0.29) is 23.9 Å². The lowest BCUT2D eigenvalue weighted by molar-refractivity contribution is -0.136. The number of aromatic nitrogens is 2. The number of hydrogen-bond donors (Lipinski definition) is 2. The van der Waals surface area contributed by atoms with Crippen molar-refractivity contribution in [2.75, 3.05) is 0 Å². The minimum atomic E-state index is -1.04. The molecule has 2 aromatic rings. The standard InChI is InChI=1S/C10H8N2O4/c13-7-3-1-2-6(4-7)10-11-8(16-12-10)5-9(14)15/h1-4,13H,5H2,(H,14,15). The Morgan fingerprint density at radius 2 is 2.25 bits per heavy atom. The van der Waals surface area contributed by atoms with Gasteiger partial charge in [0.05, 0.1) is 0 Å². The second kappa shape index (κ2) is 4.01. The van der Waals surface area contributed by atoms with E-state index in [1.165, 1.54) is 12.1 Å². The van der Waals surface area contributed by atoms with Crippen molar-refractivity contribution in [2.45, 2.75) is 6.42 Å². The fraction of sp³-hybridized carbons (Fsp3) is 0.100. The van der Waals surface area contributed by atoms with Crippen LogP contribution in [0, 0.1) is 0 Å². The molecule has 0 atom stereocenters. The zero-order valence-electron chi connectivity index (χ0n) is 8.12. The quantitative estimate of drug-likeness (QED) is 0.803. The Labute approximate surface area is 90.2 Å². The fourth-order valence-electron chi connectivity index (χ4n) is 1.22. The van der Waals surface area contributed by atoms with Crippen LogP contribution in [-0.4, -0.2) is 26.3 Å². The molecule has 2 rings (SSSR count). The summed E-state index contributed by atoms with van der Waals surface area (Å²) in [5, 5.41) is 21.4. The summed E-state index contributed by atoms with van der Waals surface area (Å²) in [4.78, 5) is 14.3. The van der Waals surface area contributed by atoms with Gasteiger partial charge in [0.1, 0.15) is 12.2 Å². The maximum Gasteiger partial charge on any atom is 0.312 e. The van der Waals surface area contributed by atoms with Crippen LogP contribution in [-0.2, 0) is 11.2 Å². The van der Waals surface area contributed by atoms with Crippen molar-refractivity contribution in [1.82, 2.24) is 10.1 Å². The third kappa shape index (κ3) is 2.17. The van der Waals surface area contributed by atoms with E-state index in [4.69, 9.17) is 9.63 Å². The SMILES string of the molecule is O=C(O)Cc1nc(-c2cccc(O)c2)no1. The molecule has 0 unspecified atom stereocenters. The van der Waals surface area contributed by atoms with Gasteiger partial charge in [-0.05, 0) is 12.1 Å². The number of carboxylic acid groups (broad SMARTS) is 1. The molecule has 0 spiro atoms. The van der Waals surface area contributed by atoms with E-state index in [1.807, 2.05) is 0 Å². The number of phenols is 1. The van der Waals surface area contributed by atoms with Gasteiger partial charge in [-0.3, -0.25) is 4.79 Å². The smallest absolute Gasteiger partial charge is 0.312 e. The monoisotopic (exact) mass is 220 g/mol. The summed E-state index contributed by atoms with van der Waals surface area (Å²) in [7, 11) is 0. The van der Waals surface area contributed by atoms with Gasteiger partial charge >= 0.3 is 5.97 Å². The average molecular weight is 220 g/mol. The molecule has 1 aromatic carbocycles. The van der Waals surface area contributed by atoms with Crippen LogP contribution in [0.15, 0.2) is 28.8 Å². The lowest BCUT2D eigenvalue weighted by Gasteiger charge is -1.94. The molecule has 0 amide bonds. The maximum absolute atomic E-state index is 10.4. The maximum atomic E-state index is 10.4. The molecule has 0 aliphatic carbocycles. The first-order valence-electron chi connectivity index (χ1n) is 4.49. The summed E-state index contributed by atoms with van der Waals surface area (Å²) in [5.74, 6) is -0.661. The van der Waals surface area contributed by atoms with E-state index in [1.54, 1.807) is 12.1 Å². The Kier molecular flexibility index (Phi) is 2.55. The van der Waals surface area contributed by atoms with Gasteiger partial charge in [-0.15, -0.1) is 0 Å². The van der Waals surface area contributed by atoms with Crippen molar-refractivity contribution >= 4 is 5.97 Å². The minimum Gasteiger partial charge on any atom is -0.508 e. The highest BCUT2D eigenvalue weighted by Crippen LogP contribution is 2.20. The van der Waals surface area contributed by atoms with Crippen LogP contribution < -0.4 is 0 Å². The lowest BCUT2D eigenvalue weighted by Crippen LogP contribution is -1.99. The summed E-state index contributed by atoms with van der Waals surface area (Å²) in [5.41, 5.74) is 0.570. The Bertz CT molecular complexity index is 521. The highest BCUT2D eigenvalue weighted by Gasteiger charge is 2.11. The predicted molar refractivity (Wildman–Crippen MR) is 52.7 cm³/mol. The number of hydrogen-bond acceptors (Lipinski definition) is 5. The van der Waals surface area contributed by atoms with Crippen LogP contribution in [0.5, 0.6) is 5.75 Å². The van der Waals surface area contributed by atoms with Crippen molar-refractivity contribution in [3.8, 4) is 17.1 Å². The molecule has 0 saturated heterocycles. The molecule has 16 heavy (non-hydrogen) atoms. The second-order valence-electron chi connectivity index (χ2n) is 3.13. The summed E-state index contributed by atoms with van der Waals surface area (Å²) in [6.07, 6.45) is -0.314. The summed E-state index contributed by atoms with van der Waals surface area (Å²) in [6.45, 7) is 0. The number of aromatic hydroxyl groups is 1. The number of nitrogens with zero attached hydrogens (tertiary/aromatic N) is 2. The van der Waals surface area contributed by atoms with E-state index < -0.39 is 5.97 Å². The van der Waals surface area contributed by atoms with Gasteiger partial charge in [-0.25, -0.2) is 0 Å². The highest BCUT2D eigenvalue weighted by atomic mass is 16.5. The number of carbonyl (C=O) groups is 1. The van der Waals surface area contributed by atoms with Crippen molar-refractivity contribution in [2.24, 2.45) is 0 Å². The van der Waals surface area contributed by atoms with Crippen molar-refractivity contribution in [3.63, 3.8) is 0 Å². The molecule has 0 aliphatic rings. The van der Waals surface area contributed by atoms with Gasteiger partial charge in [-0.2, -0.15) is 4.98 Å². The second-order valence-corrected chi connectivity index (χ2v) is 3.13. The van der Waals surface area contributed by atoms with Crippen molar-refractivity contribution < 1.29 is 19.5 Å². The predicted octanol–water partition coefficient (Wildman–Crippen LogP) is 1.07. The van der Waals surface area contributed by atoms with Crippen LogP contribution >= 0.6 is 0 Å². The molecule has 0 fully saturated rings. The first kappa shape index (κ1) is 10.2. The number of carboxylic acids is 1. The van der Waals surface area contributed by atoms with Crippen LogP contribution in [0.25, 0.3) is 11.4 Å². The molecule has 82 valence electrons. The zero-order chi connectivity index (χ0) is 11.5. The van der Waals surface area contributed by atoms with E-state index >= 15 is 0 Å². The first-order chi connectivity index (χ1) is 7.65. The van der Waals surface area contributed by atoms with E-state index in [0.717, 1.165) is 0 Å². The van der Waals surface area contributed by atoms with Gasteiger partial charge in [-0.1, -0.05) is 17.3 Å². The fourth-order valence-corrected chi connectivity index (χ4v) is 1.22. The molecule has 0 radical (unpaired) electrons. The number of benzene rings is 1. The van der Waals surface area contributed by atoms with E-state index in [9.17, 15) is 9.90 Å². The number of phenolic OH excluding ortho intramolecular Hbond substituents is 1. The van der Waals surface area contributed by atoms with Crippen LogP contribution in [0.1, 0.15) is 5.89 Å². The molecular weight excluding hydrogens is 212 g/mol. The highest BCUT2D eigenvalue weighted by molar-refractivity contribution is 5.69. The Hall–Kier alpha value is -2.37. The molecule has 0 aliphatic heterocycles. The topological polar surface area (TPSA) is 96.5 Å². The number of rotatable bonds is 3. The molecule has 1 heterocycles. The van der Waals surface area contributed by atoms with Gasteiger partial charge in [0.2, 0.25) is 11.7 Å². The number of aliphatic carboxylic acids is 1. The van der Waals surface area contributed by atoms with Gasteiger partial charge in [0.15, 0.2) is 0 Å². The molecule has 1 aromatic heterocycles. The third-order valence-electron chi connectivity index (χ3n) is 1.87. The largest absolute Gasteiger partial charge is 0.508 e. The third-order valence-corrected chi connectivity index (χ3v) is 1.87. The Balaban J connectivity index is 2.28. The first-order valence-corrected chi connectivity index (χ1v) is 4.49. The van der Waals surface area contributed by atoms with E-state index in [2.05, 4.69) is 10.1 Å². The normalized spacial score (nSPS) is 10.2. The molecule has 0 saturated carbocycles. The molecule has 6 heteroatoms. The van der Waals surface area contributed by atoms with Crippen molar-refractivity contribution in [3.05, 3.63) is 30.2 Å². The zero-order valence-corrected chi connectivity index (χ0v) is 8.12. The Morgan fingerprint density at radius 1 is 1.44 bits per heavy atom. The van der Waals surface area contributed by atoms with Gasteiger partial charge < -0.3 is 14.7 Å². The Morgan fingerprint density at radius 3 is 2.94 bits per heavy atom. The summed E-state index contributed by atoms with van der Waals surface area (Å²) < 4.78 is 4.75. The van der Waals surface area contributed by atoms with E-state index in [0.29, 0.717) is 5.56 Å². The molecular formula is C10H8N2O4. The molecule has 6 nitrogen and oxygen atoms in total. The van der Waals surface area contributed by atoms with Crippen LogP contribution in [0.3, 0.4) is 0 Å². The average Bonchev–Trinajstić information content (AvgIpc) is 2.65. The molecule has 2 N–H and O–H groups in total. The lowest BCUT2D eigenvalue weighted by atomic mass is 10.2. The van der Waals surface area contributed by atoms with Crippen LogP contribution in [0.2, 0.25) is 0 Å². The summed E-state index contributed by atoms with van der Waals surface area (Å²) in [6, 6.07) is 6.31. The molecule has 0 bridgehead atoms. The van der Waals surface area contributed by atoms with Crippen molar-refractivity contribution in [1.29, 1.82) is 0 Å².